The number of carboxylic acid groups (broad SMARTS) is 2. The number of aliphatic carboxylic acids is 2. The average molecular weight is 566 g/mol. The molecule has 0 amide bonds. The lowest BCUT2D eigenvalue weighted by molar-refractivity contribution is -0.134. The SMILES string of the molecule is Clc1ccc(N2CCN(CCCCCNc3nc4ccccc4s3)CC2)cc1Cl.O=C(O)C=CC(=O)O. The fourth-order valence-electron chi connectivity index (χ4n) is 3.83. The summed E-state index contributed by atoms with van der Waals surface area (Å²) in [5, 5.41) is 21.4. The van der Waals surface area contributed by atoms with Crippen molar-refractivity contribution in [3.05, 3.63) is 64.7 Å². The normalized spacial score (nSPS) is 13.9. The second-order valence-electron chi connectivity index (χ2n) is 8.41. The summed E-state index contributed by atoms with van der Waals surface area (Å²) in [7, 11) is 0. The second-order valence-corrected chi connectivity index (χ2v) is 10.3. The van der Waals surface area contributed by atoms with Crippen molar-refractivity contribution in [3.63, 3.8) is 0 Å². The lowest BCUT2D eigenvalue weighted by atomic mass is 10.2. The van der Waals surface area contributed by atoms with Crippen molar-refractivity contribution < 1.29 is 19.8 Å². The first kappa shape index (κ1) is 28.7. The number of carboxylic acids is 2. The Morgan fingerprint density at radius 2 is 1.65 bits per heavy atom. The molecule has 1 aliphatic rings. The number of para-hydroxylation sites is 1. The number of halogens is 2. The van der Waals surface area contributed by atoms with E-state index in [9.17, 15) is 9.59 Å². The molecule has 1 saturated heterocycles. The van der Waals surface area contributed by atoms with E-state index in [1.165, 1.54) is 36.2 Å². The molecule has 37 heavy (non-hydrogen) atoms. The molecule has 0 spiro atoms. The lowest BCUT2D eigenvalue weighted by Crippen LogP contribution is -2.46. The summed E-state index contributed by atoms with van der Waals surface area (Å²) < 4.78 is 1.25. The number of piperazine rings is 1. The molecule has 3 aromatic rings. The predicted octanol–water partition coefficient (Wildman–Crippen LogP) is 5.72. The molecule has 0 atom stereocenters. The number of fused-ring (bicyclic) bond motifs is 1. The van der Waals surface area contributed by atoms with Crippen LogP contribution in [0.5, 0.6) is 0 Å². The molecule has 4 rings (SSSR count). The second kappa shape index (κ2) is 14.8. The highest BCUT2D eigenvalue weighted by molar-refractivity contribution is 7.22. The first-order chi connectivity index (χ1) is 17.8. The van der Waals surface area contributed by atoms with Crippen LogP contribution in [-0.2, 0) is 9.59 Å². The third-order valence-electron chi connectivity index (χ3n) is 5.73. The van der Waals surface area contributed by atoms with Crippen molar-refractivity contribution in [1.29, 1.82) is 0 Å². The molecular formula is C26H30Cl2N4O4S. The summed E-state index contributed by atoms with van der Waals surface area (Å²) in [5.74, 6) is -2.51. The van der Waals surface area contributed by atoms with Gasteiger partial charge < -0.3 is 20.4 Å². The summed E-state index contributed by atoms with van der Waals surface area (Å²) >= 11 is 13.9. The number of hydrogen-bond donors (Lipinski definition) is 3. The molecule has 8 nitrogen and oxygen atoms in total. The van der Waals surface area contributed by atoms with Crippen molar-refractivity contribution in [1.82, 2.24) is 9.88 Å². The van der Waals surface area contributed by atoms with Crippen LogP contribution in [0, 0.1) is 0 Å². The van der Waals surface area contributed by atoms with Gasteiger partial charge in [-0.25, -0.2) is 14.6 Å². The number of hydrogen-bond acceptors (Lipinski definition) is 7. The molecule has 1 fully saturated rings. The number of nitrogens with zero attached hydrogens (tertiary/aromatic N) is 3. The van der Waals surface area contributed by atoms with Crippen LogP contribution in [0.3, 0.4) is 0 Å². The maximum Gasteiger partial charge on any atom is 0.328 e. The first-order valence-electron chi connectivity index (χ1n) is 12.0. The van der Waals surface area contributed by atoms with Crippen molar-refractivity contribution in [2.24, 2.45) is 0 Å². The van der Waals surface area contributed by atoms with Crippen LogP contribution in [-0.4, -0.2) is 71.3 Å². The molecule has 0 radical (unpaired) electrons. The first-order valence-corrected chi connectivity index (χ1v) is 13.5. The van der Waals surface area contributed by atoms with Gasteiger partial charge in [-0.15, -0.1) is 0 Å². The van der Waals surface area contributed by atoms with Gasteiger partial charge in [0.1, 0.15) is 0 Å². The van der Waals surface area contributed by atoms with Crippen molar-refractivity contribution in [2.75, 3.05) is 49.5 Å². The fraction of sp³-hybridized carbons (Fsp3) is 0.346. The molecule has 1 aliphatic heterocycles. The molecule has 1 aromatic heterocycles. The van der Waals surface area contributed by atoms with Gasteiger partial charge in [0, 0.05) is 50.6 Å². The minimum Gasteiger partial charge on any atom is -0.478 e. The zero-order valence-corrected chi connectivity index (χ0v) is 22.6. The zero-order chi connectivity index (χ0) is 26.6. The number of anilines is 2. The molecule has 2 heterocycles. The van der Waals surface area contributed by atoms with E-state index >= 15 is 0 Å². The van der Waals surface area contributed by atoms with E-state index in [1.807, 2.05) is 18.2 Å². The van der Waals surface area contributed by atoms with E-state index in [-0.39, 0.29) is 0 Å². The quantitative estimate of drug-likeness (QED) is 0.212. The van der Waals surface area contributed by atoms with Gasteiger partial charge in [-0.2, -0.15) is 0 Å². The van der Waals surface area contributed by atoms with E-state index < -0.39 is 11.9 Å². The summed E-state index contributed by atoms with van der Waals surface area (Å²) in [6.07, 6.45) is 4.78. The van der Waals surface area contributed by atoms with Crippen LogP contribution in [0.15, 0.2) is 54.6 Å². The highest BCUT2D eigenvalue weighted by Gasteiger charge is 2.17. The predicted molar refractivity (Wildman–Crippen MR) is 151 cm³/mol. The van der Waals surface area contributed by atoms with Crippen LogP contribution in [0.2, 0.25) is 10.0 Å². The number of rotatable bonds is 10. The minimum absolute atomic E-state index is 0.558. The summed E-state index contributed by atoms with van der Waals surface area (Å²) in [5.41, 5.74) is 2.25. The number of thiazole rings is 1. The molecule has 0 saturated carbocycles. The lowest BCUT2D eigenvalue weighted by Gasteiger charge is -2.36. The molecular weight excluding hydrogens is 535 g/mol. The minimum atomic E-state index is -1.26. The van der Waals surface area contributed by atoms with Gasteiger partial charge in [0.15, 0.2) is 5.13 Å². The maximum absolute atomic E-state index is 9.55. The molecule has 3 N–H and O–H groups in total. The van der Waals surface area contributed by atoms with Crippen LogP contribution < -0.4 is 10.2 Å². The zero-order valence-electron chi connectivity index (χ0n) is 20.3. The number of unbranched alkanes of at least 4 members (excludes halogenated alkanes) is 2. The molecule has 2 aromatic carbocycles. The highest BCUT2D eigenvalue weighted by Crippen LogP contribution is 2.28. The van der Waals surface area contributed by atoms with Gasteiger partial charge in [0.05, 0.1) is 20.3 Å². The van der Waals surface area contributed by atoms with E-state index in [1.54, 1.807) is 11.3 Å². The Bertz CT molecular complexity index is 1160. The van der Waals surface area contributed by atoms with Gasteiger partial charge in [-0.05, 0) is 49.7 Å². The number of benzene rings is 2. The maximum atomic E-state index is 9.55. The Morgan fingerprint density at radius 1 is 0.946 bits per heavy atom. The van der Waals surface area contributed by atoms with Gasteiger partial charge in [0.25, 0.3) is 0 Å². The van der Waals surface area contributed by atoms with E-state index in [0.717, 1.165) is 43.4 Å². The van der Waals surface area contributed by atoms with Crippen molar-refractivity contribution >= 4 is 67.5 Å². The van der Waals surface area contributed by atoms with Crippen LogP contribution in [0.1, 0.15) is 19.3 Å². The molecule has 0 aliphatic carbocycles. The molecule has 0 bridgehead atoms. The van der Waals surface area contributed by atoms with Gasteiger partial charge >= 0.3 is 11.9 Å². The Kier molecular flexibility index (Phi) is 11.5. The smallest absolute Gasteiger partial charge is 0.328 e. The third kappa shape index (κ3) is 9.85. The van der Waals surface area contributed by atoms with Crippen LogP contribution in [0.4, 0.5) is 10.8 Å². The summed E-state index contributed by atoms with van der Waals surface area (Å²) in [4.78, 5) is 28.7. The number of nitrogens with one attached hydrogen (secondary N) is 1. The van der Waals surface area contributed by atoms with Gasteiger partial charge in [-0.1, -0.05) is 53.1 Å². The Balaban J connectivity index is 0.000000414. The van der Waals surface area contributed by atoms with Crippen molar-refractivity contribution in [2.45, 2.75) is 19.3 Å². The third-order valence-corrected chi connectivity index (χ3v) is 7.46. The van der Waals surface area contributed by atoms with E-state index in [0.29, 0.717) is 22.2 Å². The fourth-order valence-corrected chi connectivity index (χ4v) is 5.02. The van der Waals surface area contributed by atoms with Gasteiger partial charge in [0.2, 0.25) is 0 Å². The Morgan fingerprint density at radius 3 is 2.30 bits per heavy atom. The monoisotopic (exact) mass is 564 g/mol. The summed E-state index contributed by atoms with van der Waals surface area (Å²) in [6, 6.07) is 14.2. The van der Waals surface area contributed by atoms with Crippen molar-refractivity contribution in [3.8, 4) is 0 Å². The number of aromatic nitrogens is 1. The Hall–Kier alpha value is -2.85. The summed E-state index contributed by atoms with van der Waals surface area (Å²) in [6.45, 7) is 6.45. The highest BCUT2D eigenvalue weighted by atomic mass is 35.5. The van der Waals surface area contributed by atoms with E-state index in [2.05, 4.69) is 44.4 Å². The Labute approximate surface area is 230 Å². The largest absolute Gasteiger partial charge is 0.478 e. The standard InChI is InChI=1S/C22H26Cl2N4S.C4H4O4/c23-18-9-8-17(16-19(18)24)28-14-12-27(13-15-28)11-5-1-4-10-25-22-26-20-6-2-3-7-21(20)29-22;5-3(6)1-2-4(7)8/h2-3,6-9,16H,1,4-5,10-15H2,(H,25,26);1-2H,(H,5,6)(H,7,8). The van der Waals surface area contributed by atoms with Gasteiger partial charge in [-0.3, -0.25) is 4.90 Å². The molecule has 0 unspecified atom stereocenters. The van der Waals surface area contributed by atoms with Crippen LogP contribution >= 0.6 is 34.5 Å². The van der Waals surface area contributed by atoms with E-state index in [4.69, 9.17) is 33.4 Å². The number of carbonyl (C=O) groups is 2. The molecule has 198 valence electrons. The van der Waals surface area contributed by atoms with Crippen LogP contribution in [0.25, 0.3) is 10.2 Å². The molecule has 11 heteroatoms. The average Bonchev–Trinajstić information content (AvgIpc) is 3.30. The topological polar surface area (TPSA) is 106 Å².